The molecule has 0 unspecified atom stereocenters. The summed E-state index contributed by atoms with van der Waals surface area (Å²) in [7, 11) is 0. The van der Waals surface area contributed by atoms with Gasteiger partial charge in [-0.2, -0.15) is 0 Å². The van der Waals surface area contributed by atoms with Crippen molar-refractivity contribution in [3.63, 3.8) is 0 Å². The Labute approximate surface area is 180 Å². The molecule has 0 bridgehead atoms. The first-order chi connectivity index (χ1) is 14.2. The van der Waals surface area contributed by atoms with Crippen molar-refractivity contribution in [2.24, 2.45) is 0 Å². The minimum absolute atomic E-state index is 0.681. The SMILES string of the molecule is Cc1ccc(-n2c(SCC=Cc3ccccc3)nnc2-c2cccc(Cl)c2)cc1. The van der Waals surface area contributed by atoms with Crippen molar-refractivity contribution in [3.8, 4) is 17.1 Å². The van der Waals surface area contributed by atoms with Crippen molar-refractivity contribution in [1.29, 1.82) is 0 Å². The number of thioether (sulfide) groups is 1. The molecule has 3 aromatic carbocycles. The molecule has 0 saturated heterocycles. The fraction of sp³-hybridized carbons (Fsp3) is 0.0833. The fourth-order valence-corrected chi connectivity index (χ4v) is 3.93. The first-order valence-electron chi connectivity index (χ1n) is 9.33. The molecule has 4 aromatic rings. The molecule has 5 heteroatoms. The Morgan fingerprint density at radius 2 is 1.72 bits per heavy atom. The van der Waals surface area contributed by atoms with Crippen LogP contribution in [0.15, 0.2) is 90.1 Å². The summed E-state index contributed by atoms with van der Waals surface area (Å²) in [4.78, 5) is 0. The first-order valence-corrected chi connectivity index (χ1v) is 10.7. The third-order valence-electron chi connectivity index (χ3n) is 4.43. The smallest absolute Gasteiger partial charge is 0.196 e. The molecule has 0 aliphatic carbocycles. The van der Waals surface area contributed by atoms with E-state index < -0.39 is 0 Å². The van der Waals surface area contributed by atoms with Crippen LogP contribution in [0.5, 0.6) is 0 Å². The fourth-order valence-electron chi connectivity index (χ4n) is 2.98. The number of aromatic nitrogens is 3. The van der Waals surface area contributed by atoms with E-state index in [1.807, 2.05) is 42.5 Å². The zero-order valence-electron chi connectivity index (χ0n) is 16.0. The molecule has 1 aromatic heterocycles. The average Bonchev–Trinajstić information content (AvgIpc) is 3.16. The molecular weight excluding hydrogens is 398 g/mol. The van der Waals surface area contributed by atoms with Crippen LogP contribution in [0.25, 0.3) is 23.2 Å². The monoisotopic (exact) mass is 417 g/mol. The molecule has 1 heterocycles. The van der Waals surface area contributed by atoms with E-state index in [2.05, 4.69) is 70.2 Å². The van der Waals surface area contributed by atoms with Gasteiger partial charge in [0.15, 0.2) is 11.0 Å². The number of benzene rings is 3. The largest absolute Gasteiger partial charge is 0.270 e. The predicted octanol–water partition coefficient (Wildman–Crippen LogP) is 6.70. The van der Waals surface area contributed by atoms with Gasteiger partial charge in [0.05, 0.1) is 0 Å². The van der Waals surface area contributed by atoms with Gasteiger partial charge in [-0.15, -0.1) is 10.2 Å². The van der Waals surface area contributed by atoms with Crippen molar-refractivity contribution < 1.29 is 0 Å². The molecule has 4 rings (SSSR count). The number of rotatable bonds is 6. The minimum atomic E-state index is 0.681. The Morgan fingerprint density at radius 3 is 2.48 bits per heavy atom. The van der Waals surface area contributed by atoms with Crippen molar-refractivity contribution in [2.45, 2.75) is 12.1 Å². The van der Waals surface area contributed by atoms with Gasteiger partial charge < -0.3 is 0 Å². The molecule has 0 aliphatic heterocycles. The predicted molar refractivity (Wildman–Crippen MR) is 123 cm³/mol. The molecule has 0 aliphatic rings. The number of nitrogens with zero attached hydrogens (tertiary/aromatic N) is 3. The maximum absolute atomic E-state index is 6.21. The van der Waals surface area contributed by atoms with Gasteiger partial charge in [-0.25, -0.2) is 0 Å². The Balaban J connectivity index is 1.64. The second-order valence-electron chi connectivity index (χ2n) is 6.61. The van der Waals surface area contributed by atoms with Gasteiger partial charge in [0.2, 0.25) is 0 Å². The first kappa shape index (κ1) is 19.5. The van der Waals surface area contributed by atoms with Gasteiger partial charge in [-0.05, 0) is 36.8 Å². The summed E-state index contributed by atoms with van der Waals surface area (Å²) in [5.41, 5.74) is 4.38. The summed E-state index contributed by atoms with van der Waals surface area (Å²) in [6, 6.07) is 26.4. The van der Waals surface area contributed by atoms with Crippen LogP contribution in [0.1, 0.15) is 11.1 Å². The molecule has 0 radical (unpaired) electrons. The Bertz CT molecular complexity index is 1120. The molecule has 0 atom stereocenters. The van der Waals surface area contributed by atoms with E-state index in [0.29, 0.717) is 5.02 Å². The lowest BCUT2D eigenvalue weighted by molar-refractivity contribution is 0.887. The normalized spacial score (nSPS) is 11.2. The molecule has 0 N–H and O–H groups in total. The highest BCUT2D eigenvalue weighted by Crippen LogP contribution is 2.29. The Kier molecular flexibility index (Phi) is 6.13. The van der Waals surface area contributed by atoms with E-state index in [4.69, 9.17) is 11.6 Å². The van der Waals surface area contributed by atoms with Gasteiger partial charge in [0.1, 0.15) is 0 Å². The van der Waals surface area contributed by atoms with E-state index in [1.54, 1.807) is 11.8 Å². The van der Waals surface area contributed by atoms with Crippen molar-refractivity contribution in [3.05, 3.63) is 101 Å². The van der Waals surface area contributed by atoms with Gasteiger partial charge >= 0.3 is 0 Å². The van der Waals surface area contributed by atoms with Gasteiger partial charge in [0, 0.05) is 22.0 Å². The van der Waals surface area contributed by atoms with Crippen LogP contribution in [0.2, 0.25) is 5.02 Å². The summed E-state index contributed by atoms with van der Waals surface area (Å²) in [6.45, 7) is 2.08. The van der Waals surface area contributed by atoms with Crippen molar-refractivity contribution in [1.82, 2.24) is 14.8 Å². The summed E-state index contributed by atoms with van der Waals surface area (Å²) < 4.78 is 2.09. The highest BCUT2D eigenvalue weighted by molar-refractivity contribution is 7.99. The number of hydrogen-bond acceptors (Lipinski definition) is 3. The van der Waals surface area contributed by atoms with E-state index in [9.17, 15) is 0 Å². The van der Waals surface area contributed by atoms with E-state index in [-0.39, 0.29) is 0 Å². The summed E-state index contributed by atoms with van der Waals surface area (Å²) in [6.07, 6.45) is 4.27. The number of hydrogen-bond donors (Lipinski definition) is 0. The topological polar surface area (TPSA) is 30.7 Å². The molecule has 3 nitrogen and oxygen atoms in total. The molecule has 0 spiro atoms. The summed E-state index contributed by atoms with van der Waals surface area (Å²) >= 11 is 7.86. The lowest BCUT2D eigenvalue weighted by atomic mass is 10.2. The third kappa shape index (κ3) is 4.78. The van der Waals surface area contributed by atoms with Crippen LogP contribution < -0.4 is 0 Å². The van der Waals surface area contributed by atoms with Gasteiger partial charge in [-0.3, -0.25) is 4.57 Å². The minimum Gasteiger partial charge on any atom is -0.270 e. The zero-order valence-corrected chi connectivity index (χ0v) is 17.6. The summed E-state index contributed by atoms with van der Waals surface area (Å²) in [5.74, 6) is 1.58. The Morgan fingerprint density at radius 1 is 0.931 bits per heavy atom. The second-order valence-corrected chi connectivity index (χ2v) is 8.04. The molecule has 0 saturated carbocycles. The lowest BCUT2D eigenvalue weighted by Gasteiger charge is -2.10. The van der Waals surface area contributed by atoms with Crippen LogP contribution >= 0.6 is 23.4 Å². The lowest BCUT2D eigenvalue weighted by Crippen LogP contribution is -2.00. The molecule has 29 heavy (non-hydrogen) atoms. The standard InChI is InChI=1S/C24H20ClN3S/c1-18-12-14-22(15-13-18)28-23(20-10-5-11-21(25)17-20)26-27-24(28)29-16-6-9-19-7-3-2-4-8-19/h2-15,17H,16H2,1H3. The van der Waals surface area contributed by atoms with Crippen LogP contribution in [0.4, 0.5) is 0 Å². The number of halogens is 1. The third-order valence-corrected chi connectivity index (χ3v) is 5.54. The Hall–Kier alpha value is -2.82. The molecule has 0 amide bonds. The average molecular weight is 418 g/mol. The second kappa shape index (κ2) is 9.12. The van der Waals surface area contributed by atoms with Crippen molar-refractivity contribution in [2.75, 3.05) is 5.75 Å². The van der Waals surface area contributed by atoms with Crippen LogP contribution in [0.3, 0.4) is 0 Å². The van der Waals surface area contributed by atoms with E-state index >= 15 is 0 Å². The number of aryl methyl sites for hydroxylation is 1. The van der Waals surface area contributed by atoms with Crippen LogP contribution in [0, 0.1) is 6.92 Å². The molecule has 144 valence electrons. The summed E-state index contributed by atoms with van der Waals surface area (Å²) in [5, 5.41) is 10.5. The molecular formula is C24H20ClN3S. The highest BCUT2D eigenvalue weighted by Gasteiger charge is 2.16. The van der Waals surface area contributed by atoms with E-state index in [0.717, 1.165) is 28.0 Å². The van der Waals surface area contributed by atoms with Crippen LogP contribution in [-0.2, 0) is 0 Å². The molecule has 0 fully saturated rings. The van der Waals surface area contributed by atoms with Gasteiger partial charge in [0.25, 0.3) is 0 Å². The maximum Gasteiger partial charge on any atom is 0.196 e. The van der Waals surface area contributed by atoms with Crippen LogP contribution in [-0.4, -0.2) is 20.5 Å². The van der Waals surface area contributed by atoms with E-state index in [1.165, 1.54) is 11.1 Å². The van der Waals surface area contributed by atoms with Crippen molar-refractivity contribution >= 4 is 29.4 Å². The zero-order chi connectivity index (χ0) is 20.1. The maximum atomic E-state index is 6.21. The highest BCUT2D eigenvalue weighted by atomic mass is 35.5. The van der Waals surface area contributed by atoms with Gasteiger partial charge in [-0.1, -0.05) is 95.7 Å². The quantitative estimate of drug-likeness (QED) is 0.327.